The topological polar surface area (TPSA) is 45.2 Å². The fourth-order valence-electron chi connectivity index (χ4n) is 1.89. The smallest absolute Gasteiger partial charge is 0.109 e. The molecule has 2 aromatic rings. The van der Waals surface area contributed by atoms with E-state index in [0.29, 0.717) is 6.54 Å². The minimum absolute atomic E-state index is 0.155. The molecule has 2 atom stereocenters. The van der Waals surface area contributed by atoms with E-state index in [1.807, 2.05) is 30.5 Å². The van der Waals surface area contributed by atoms with Crippen LogP contribution in [0, 0.1) is 0 Å². The average molecular weight is 355 g/mol. The van der Waals surface area contributed by atoms with Crippen molar-refractivity contribution in [2.75, 3.05) is 6.54 Å². The number of nitrogens with one attached hydrogen (secondary N) is 1. The number of halogens is 1. The van der Waals surface area contributed by atoms with Crippen molar-refractivity contribution in [3.63, 3.8) is 0 Å². The zero-order valence-corrected chi connectivity index (χ0v) is 14.0. The number of rotatable bonds is 6. The maximum absolute atomic E-state index is 10.2. The number of aromatic nitrogens is 1. The quantitative estimate of drug-likeness (QED) is 0.827. The highest BCUT2D eigenvalue weighted by atomic mass is 79.9. The van der Waals surface area contributed by atoms with E-state index in [9.17, 15) is 5.11 Å². The fraction of sp³-hybridized carbons (Fsp3) is 0.400. The molecule has 0 aliphatic heterocycles. The summed E-state index contributed by atoms with van der Waals surface area (Å²) < 4.78 is 0.981. The van der Waals surface area contributed by atoms with Gasteiger partial charge in [0.25, 0.3) is 0 Å². The molecule has 3 nitrogen and oxygen atoms in total. The highest BCUT2D eigenvalue weighted by molar-refractivity contribution is 9.10. The zero-order chi connectivity index (χ0) is 14.5. The van der Waals surface area contributed by atoms with Crippen molar-refractivity contribution in [3.05, 3.63) is 50.4 Å². The van der Waals surface area contributed by atoms with Crippen molar-refractivity contribution in [1.82, 2.24) is 10.3 Å². The van der Waals surface area contributed by atoms with Crippen molar-refractivity contribution < 1.29 is 5.11 Å². The number of hydrogen-bond donors (Lipinski definition) is 2. The summed E-state index contributed by atoms with van der Waals surface area (Å²) >= 11 is 5.15. The van der Waals surface area contributed by atoms with Crippen LogP contribution in [0.5, 0.6) is 0 Å². The summed E-state index contributed by atoms with van der Waals surface area (Å²) in [5, 5.41) is 14.6. The summed E-state index contributed by atoms with van der Waals surface area (Å²) in [4.78, 5) is 5.71. The molecule has 0 aliphatic carbocycles. The van der Waals surface area contributed by atoms with Gasteiger partial charge in [0, 0.05) is 22.1 Å². The Morgan fingerprint density at radius 1 is 1.45 bits per heavy atom. The number of aliphatic hydroxyl groups is 1. The van der Waals surface area contributed by atoms with E-state index in [-0.39, 0.29) is 6.04 Å². The molecule has 20 heavy (non-hydrogen) atoms. The number of nitrogens with zero attached hydrogens (tertiary/aromatic N) is 1. The third-order valence-corrected chi connectivity index (χ3v) is 4.96. The Labute approximate surface area is 132 Å². The van der Waals surface area contributed by atoms with Gasteiger partial charge in [-0.15, -0.1) is 11.3 Å². The van der Waals surface area contributed by atoms with Gasteiger partial charge in [-0.1, -0.05) is 35.0 Å². The summed E-state index contributed by atoms with van der Waals surface area (Å²) in [5.74, 6) is 0. The van der Waals surface area contributed by atoms with Crippen molar-refractivity contribution in [1.29, 1.82) is 0 Å². The van der Waals surface area contributed by atoms with Crippen LogP contribution in [0.4, 0.5) is 0 Å². The predicted molar refractivity (Wildman–Crippen MR) is 87.0 cm³/mol. The van der Waals surface area contributed by atoms with E-state index in [1.165, 1.54) is 4.88 Å². The van der Waals surface area contributed by atoms with Gasteiger partial charge < -0.3 is 10.4 Å². The molecule has 0 bridgehead atoms. The Bertz CT molecular complexity index is 558. The van der Waals surface area contributed by atoms with E-state index in [1.54, 1.807) is 11.3 Å². The number of aliphatic hydroxyl groups excluding tert-OH is 1. The lowest BCUT2D eigenvalue weighted by Gasteiger charge is -2.16. The van der Waals surface area contributed by atoms with Crippen molar-refractivity contribution in [3.8, 4) is 0 Å². The normalized spacial score (nSPS) is 14.2. The number of thiazole rings is 1. The molecule has 2 unspecified atom stereocenters. The van der Waals surface area contributed by atoms with Crippen LogP contribution in [-0.4, -0.2) is 16.6 Å². The Balaban J connectivity index is 1.91. The first-order valence-electron chi connectivity index (χ1n) is 6.71. The van der Waals surface area contributed by atoms with Crippen LogP contribution in [0.2, 0.25) is 0 Å². The largest absolute Gasteiger partial charge is 0.387 e. The molecule has 0 radical (unpaired) electrons. The van der Waals surface area contributed by atoms with Gasteiger partial charge in [-0.2, -0.15) is 0 Å². The molecule has 1 aromatic carbocycles. The molecular formula is C15H19BrN2OS. The molecule has 0 amide bonds. The van der Waals surface area contributed by atoms with Crippen LogP contribution in [-0.2, 0) is 6.42 Å². The Hall–Kier alpha value is -0.750. The van der Waals surface area contributed by atoms with E-state index in [0.717, 1.165) is 21.5 Å². The average Bonchev–Trinajstić information content (AvgIpc) is 2.93. The maximum Gasteiger partial charge on any atom is 0.109 e. The molecule has 1 heterocycles. The second-order valence-corrected chi connectivity index (χ2v) is 6.78. The van der Waals surface area contributed by atoms with Crippen LogP contribution < -0.4 is 5.32 Å². The first kappa shape index (κ1) is 15.6. The monoisotopic (exact) mass is 354 g/mol. The lowest BCUT2D eigenvalue weighted by atomic mass is 10.1. The van der Waals surface area contributed by atoms with Gasteiger partial charge >= 0.3 is 0 Å². The minimum Gasteiger partial charge on any atom is -0.387 e. The Morgan fingerprint density at radius 2 is 2.25 bits per heavy atom. The first-order chi connectivity index (χ1) is 9.60. The summed E-state index contributed by atoms with van der Waals surface area (Å²) in [6.07, 6.45) is 2.44. The molecule has 1 aromatic heterocycles. The zero-order valence-electron chi connectivity index (χ0n) is 11.6. The Morgan fingerprint density at radius 3 is 2.90 bits per heavy atom. The van der Waals surface area contributed by atoms with Crippen LogP contribution in [0.3, 0.4) is 0 Å². The van der Waals surface area contributed by atoms with Crippen molar-refractivity contribution in [2.45, 2.75) is 32.4 Å². The molecule has 0 spiro atoms. The SMILES string of the molecule is CCc1cnc(C(C)NCC(O)c2cccc(Br)c2)s1. The van der Waals surface area contributed by atoms with E-state index in [2.05, 4.69) is 40.1 Å². The predicted octanol–water partition coefficient (Wildman–Crippen LogP) is 3.85. The fourth-order valence-corrected chi connectivity index (χ4v) is 3.19. The van der Waals surface area contributed by atoms with Gasteiger partial charge in [0.1, 0.15) is 5.01 Å². The highest BCUT2D eigenvalue weighted by Crippen LogP contribution is 2.22. The summed E-state index contributed by atoms with van der Waals surface area (Å²) in [7, 11) is 0. The second kappa shape index (κ2) is 7.31. The van der Waals surface area contributed by atoms with Crippen molar-refractivity contribution in [2.24, 2.45) is 0 Å². The lowest BCUT2D eigenvalue weighted by molar-refractivity contribution is 0.170. The van der Waals surface area contributed by atoms with Gasteiger partial charge in [-0.25, -0.2) is 4.98 Å². The number of hydrogen-bond acceptors (Lipinski definition) is 4. The second-order valence-electron chi connectivity index (χ2n) is 4.72. The molecule has 2 rings (SSSR count). The summed E-state index contributed by atoms with van der Waals surface area (Å²) in [5.41, 5.74) is 0.910. The molecule has 2 N–H and O–H groups in total. The lowest BCUT2D eigenvalue weighted by Crippen LogP contribution is -2.24. The highest BCUT2D eigenvalue weighted by Gasteiger charge is 2.13. The molecule has 0 aliphatic rings. The van der Waals surface area contributed by atoms with Gasteiger partial charge in [0.15, 0.2) is 0 Å². The standard InChI is InChI=1S/C15H19BrN2OS/c1-3-13-8-18-15(20-13)10(2)17-9-14(19)11-5-4-6-12(16)7-11/h4-8,10,14,17,19H,3,9H2,1-2H3. The van der Waals surface area contributed by atoms with E-state index in [4.69, 9.17) is 0 Å². The van der Waals surface area contributed by atoms with Crippen LogP contribution in [0.1, 0.15) is 41.4 Å². The Kier molecular flexibility index (Phi) is 5.72. The molecule has 0 saturated carbocycles. The first-order valence-corrected chi connectivity index (χ1v) is 8.32. The third kappa shape index (κ3) is 4.12. The van der Waals surface area contributed by atoms with Gasteiger partial charge in [0.2, 0.25) is 0 Å². The van der Waals surface area contributed by atoms with E-state index < -0.39 is 6.10 Å². The van der Waals surface area contributed by atoms with E-state index >= 15 is 0 Å². The number of aryl methyl sites for hydroxylation is 1. The van der Waals surface area contributed by atoms with Gasteiger partial charge in [-0.05, 0) is 31.0 Å². The van der Waals surface area contributed by atoms with Crippen LogP contribution in [0.25, 0.3) is 0 Å². The van der Waals surface area contributed by atoms with Crippen LogP contribution in [0.15, 0.2) is 34.9 Å². The summed E-state index contributed by atoms with van der Waals surface area (Å²) in [6, 6.07) is 7.91. The summed E-state index contributed by atoms with van der Waals surface area (Å²) in [6.45, 7) is 4.72. The van der Waals surface area contributed by atoms with Crippen molar-refractivity contribution >= 4 is 27.3 Å². The molecule has 0 saturated heterocycles. The third-order valence-electron chi connectivity index (χ3n) is 3.14. The van der Waals surface area contributed by atoms with Gasteiger partial charge in [0.05, 0.1) is 12.1 Å². The minimum atomic E-state index is -0.513. The molecule has 5 heteroatoms. The maximum atomic E-state index is 10.2. The molecular weight excluding hydrogens is 336 g/mol. The number of benzene rings is 1. The molecule has 0 fully saturated rings. The molecule has 108 valence electrons. The van der Waals surface area contributed by atoms with Crippen LogP contribution >= 0.6 is 27.3 Å². The van der Waals surface area contributed by atoms with Gasteiger partial charge in [-0.3, -0.25) is 0 Å².